The topological polar surface area (TPSA) is 32.7 Å². The highest BCUT2D eigenvalue weighted by Crippen LogP contribution is 2.17. The van der Waals surface area contributed by atoms with Crippen LogP contribution in [0.3, 0.4) is 0 Å². The van der Waals surface area contributed by atoms with Crippen molar-refractivity contribution in [3.63, 3.8) is 0 Å². The summed E-state index contributed by atoms with van der Waals surface area (Å²) in [7, 11) is 0. The maximum absolute atomic E-state index is 9.66. The highest BCUT2D eigenvalue weighted by molar-refractivity contribution is 5.27. The second kappa shape index (κ2) is 7.51. The molecule has 1 atom stereocenters. The van der Waals surface area contributed by atoms with Crippen molar-refractivity contribution in [1.29, 1.82) is 0 Å². The van der Waals surface area contributed by atoms with Gasteiger partial charge in [0.05, 0.1) is 12.7 Å². The number of benzene rings is 1. The van der Waals surface area contributed by atoms with Gasteiger partial charge < -0.3 is 9.84 Å². The minimum absolute atomic E-state index is 0.148. The van der Waals surface area contributed by atoms with E-state index in [9.17, 15) is 5.11 Å². The monoisotopic (exact) mass is 263 g/mol. The number of β-amino-alcohol motifs (C(OH)–C–C–N with tert-alkyl or cyclic N) is 1. The van der Waals surface area contributed by atoms with Crippen molar-refractivity contribution in [2.45, 2.75) is 45.3 Å². The first-order chi connectivity index (χ1) is 9.28. The second-order valence-corrected chi connectivity index (χ2v) is 5.38. The summed E-state index contributed by atoms with van der Waals surface area (Å²) in [6.07, 6.45) is 4.16. The van der Waals surface area contributed by atoms with Gasteiger partial charge in [0.15, 0.2) is 0 Å². The Hall–Kier alpha value is -1.06. The van der Waals surface area contributed by atoms with Crippen LogP contribution < -0.4 is 4.74 Å². The van der Waals surface area contributed by atoms with Crippen LogP contribution in [0.2, 0.25) is 0 Å². The molecule has 1 N–H and O–H groups in total. The summed E-state index contributed by atoms with van der Waals surface area (Å²) in [5, 5.41) is 9.66. The number of nitrogens with zero attached hydrogens (tertiary/aromatic N) is 1. The van der Waals surface area contributed by atoms with E-state index in [4.69, 9.17) is 4.74 Å². The van der Waals surface area contributed by atoms with E-state index >= 15 is 0 Å². The van der Waals surface area contributed by atoms with Gasteiger partial charge >= 0.3 is 0 Å². The lowest BCUT2D eigenvalue weighted by Crippen LogP contribution is -2.37. The fourth-order valence-electron chi connectivity index (χ4n) is 2.46. The van der Waals surface area contributed by atoms with E-state index in [1.807, 2.05) is 12.1 Å². The van der Waals surface area contributed by atoms with Gasteiger partial charge in [-0.1, -0.05) is 25.5 Å². The molecule has 1 aliphatic rings. The van der Waals surface area contributed by atoms with Crippen LogP contribution in [0.1, 0.15) is 38.2 Å². The smallest absolute Gasteiger partial charge is 0.119 e. The fourth-order valence-corrected chi connectivity index (χ4v) is 2.46. The Morgan fingerprint density at radius 2 is 2.11 bits per heavy atom. The van der Waals surface area contributed by atoms with Crippen molar-refractivity contribution >= 4 is 0 Å². The molecular formula is C16H25NO2. The van der Waals surface area contributed by atoms with Gasteiger partial charge in [-0.25, -0.2) is 0 Å². The molecule has 0 spiro atoms. The molecule has 3 heteroatoms. The van der Waals surface area contributed by atoms with Crippen molar-refractivity contribution in [2.75, 3.05) is 19.7 Å². The summed E-state index contributed by atoms with van der Waals surface area (Å²) in [5.41, 5.74) is 1.29. The number of hydrogen-bond donors (Lipinski definition) is 1. The average molecular weight is 263 g/mol. The van der Waals surface area contributed by atoms with Gasteiger partial charge in [-0.2, -0.15) is 0 Å². The first-order valence-corrected chi connectivity index (χ1v) is 7.40. The van der Waals surface area contributed by atoms with Crippen molar-refractivity contribution < 1.29 is 9.84 Å². The number of likely N-dealkylation sites (tertiary alicyclic amines) is 1. The number of hydrogen-bond acceptors (Lipinski definition) is 3. The van der Waals surface area contributed by atoms with E-state index < -0.39 is 0 Å². The maximum atomic E-state index is 9.66. The molecule has 2 rings (SSSR count). The second-order valence-electron chi connectivity index (χ2n) is 5.38. The molecule has 3 nitrogen and oxygen atoms in total. The zero-order chi connectivity index (χ0) is 13.5. The highest BCUT2D eigenvalue weighted by Gasteiger charge is 2.17. The van der Waals surface area contributed by atoms with E-state index in [0.29, 0.717) is 0 Å². The van der Waals surface area contributed by atoms with E-state index in [1.165, 1.54) is 5.56 Å². The molecular weight excluding hydrogens is 238 g/mol. The van der Waals surface area contributed by atoms with Crippen LogP contribution in [0.25, 0.3) is 0 Å². The molecule has 1 saturated heterocycles. The number of rotatable bonds is 6. The molecule has 19 heavy (non-hydrogen) atoms. The number of aliphatic hydroxyl groups is 1. The van der Waals surface area contributed by atoms with Crippen molar-refractivity contribution in [2.24, 2.45) is 0 Å². The minimum Gasteiger partial charge on any atom is -0.494 e. The molecule has 1 aromatic carbocycles. The van der Waals surface area contributed by atoms with Crippen LogP contribution >= 0.6 is 0 Å². The SMILES string of the molecule is CCCCOc1ccc(CN2CCCC(O)C2)cc1. The lowest BCUT2D eigenvalue weighted by molar-refractivity contribution is 0.0668. The number of piperidine rings is 1. The molecule has 0 saturated carbocycles. The van der Waals surface area contributed by atoms with Crippen LogP contribution in [0, 0.1) is 0 Å². The van der Waals surface area contributed by atoms with Crippen LogP contribution in [0.4, 0.5) is 0 Å². The summed E-state index contributed by atoms with van der Waals surface area (Å²) >= 11 is 0. The van der Waals surface area contributed by atoms with Gasteiger partial charge in [-0.05, 0) is 43.5 Å². The van der Waals surface area contributed by atoms with E-state index in [2.05, 4.69) is 24.0 Å². The van der Waals surface area contributed by atoms with Crippen LogP contribution in [-0.2, 0) is 6.54 Å². The van der Waals surface area contributed by atoms with Crippen molar-refractivity contribution in [3.05, 3.63) is 29.8 Å². The van der Waals surface area contributed by atoms with Gasteiger partial charge in [0.25, 0.3) is 0 Å². The molecule has 0 aliphatic carbocycles. The normalized spacial score (nSPS) is 20.4. The summed E-state index contributed by atoms with van der Waals surface area (Å²) in [6.45, 7) is 5.78. The molecule has 1 aromatic rings. The van der Waals surface area contributed by atoms with E-state index in [1.54, 1.807) is 0 Å². The highest BCUT2D eigenvalue weighted by atomic mass is 16.5. The lowest BCUT2D eigenvalue weighted by atomic mass is 10.1. The molecule has 1 unspecified atom stereocenters. The first-order valence-electron chi connectivity index (χ1n) is 7.40. The Balaban J connectivity index is 1.81. The molecule has 1 aliphatic heterocycles. The standard InChI is InChI=1S/C16H25NO2/c1-2-3-11-19-16-8-6-14(7-9-16)12-17-10-4-5-15(18)13-17/h6-9,15,18H,2-5,10-13H2,1H3. The van der Waals surface area contributed by atoms with Crippen LogP contribution in [-0.4, -0.2) is 35.8 Å². The predicted octanol–water partition coefficient (Wildman–Crippen LogP) is 2.82. The van der Waals surface area contributed by atoms with E-state index in [-0.39, 0.29) is 6.10 Å². The predicted molar refractivity (Wildman–Crippen MR) is 77.4 cm³/mol. The summed E-state index contributed by atoms with van der Waals surface area (Å²) < 4.78 is 5.65. The molecule has 0 radical (unpaired) electrons. The van der Waals surface area contributed by atoms with Crippen molar-refractivity contribution in [1.82, 2.24) is 4.90 Å². The third-order valence-electron chi connectivity index (χ3n) is 3.58. The molecule has 0 amide bonds. The lowest BCUT2D eigenvalue weighted by Gasteiger charge is -2.29. The van der Waals surface area contributed by atoms with Gasteiger partial charge in [0, 0.05) is 13.1 Å². The number of unbranched alkanes of at least 4 members (excludes halogenated alkanes) is 1. The summed E-state index contributed by atoms with van der Waals surface area (Å²) in [5.74, 6) is 0.955. The Kier molecular flexibility index (Phi) is 5.67. The van der Waals surface area contributed by atoms with Gasteiger partial charge in [0.2, 0.25) is 0 Å². The summed E-state index contributed by atoms with van der Waals surface area (Å²) in [4.78, 5) is 2.32. The van der Waals surface area contributed by atoms with Crippen LogP contribution in [0.15, 0.2) is 24.3 Å². The first kappa shape index (κ1) is 14.4. The molecule has 0 bridgehead atoms. The minimum atomic E-state index is -0.148. The summed E-state index contributed by atoms with van der Waals surface area (Å²) in [6, 6.07) is 8.35. The van der Waals surface area contributed by atoms with Crippen molar-refractivity contribution in [3.8, 4) is 5.75 Å². The number of ether oxygens (including phenoxy) is 1. The largest absolute Gasteiger partial charge is 0.494 e. The van der Waals surface area contributed by atoms with Gasteiger partial charge in [-0.15, -0.1) is 0 Å². The molecule has 1 heterocycles. The molecule has 0 aromatic heterocycles. The van der Waals surface area contributed by atoms with Crippen LogP contribution in [0.5, 0.6) is 5.75 Å². The molecule has 106 valence electrons. The van der Waals surface area contributed by atoms with Gasteiger partial charge in [0.1, 0.15) is 5.75 Å². The Morgan fingerprint density at radius 3 is 2.79 bits per heavy atom. The average Bonchev–Trinajstić information content (AvgIpc) is 2.41. The molecule has 1 fully saturated rings. The Bertz CT molecular complexity index is 364. The fraction of sp³-hybridized carbons (Fsp3) is 0.625. The van der Waals surface area contributed by atoms with Gasteiger partial charge in [-0.3, -0.25) is 4.90 Å². The zero-order valence-corrected chi connectivity index (χ0v) is 11.8. The zero-order valence-electron chi connectivity index (χ0n) is 11.8. The third-order valence-corrected chi connectivity index (χ3v) is 3.58. The quantitative estimate of drug-likeness (QED) is 0.801. The number of aliphatic hydroxyl groups excluding tert-OH is 1. The third kappa shape index (κ3) is 4.84. The van der Waals surface area contributed by atoms with E-state index in [0.717, 1.165) is 57.7 Å². The maximum Gasteiger partial charge on any atom is 0.119 e. The Labute approximate surface area is 116 Å². The Morgan fingerprint density at radius 1 is 1.32 bits per heavy atom.